The highest BCUT2D eigenvalue weighted by atomic mass is 16.5. The van der Waals surface area contributed by atoms with Crippen LogP contribution in [0.5, 0.6) is 0 Å². The number of hydrogen-bond donors (Lipinski definition) is 2. The van der Waals surface area contributed by atoms with Crippen molar-refractivity contribution in [1.29, 1.82) is 0 Å². The smallest absolute Gasteiger partial charge is 0.329 e. The van der Waals surface area contributed by atoms with Gasteiger partial charge in [-0.25, -0.2) is 4.79 Å². The standard InChI is InChI=1S/C6H12O4.CH5N/c1-2-9-3-4-10-5-6(7)8;1-2/h2-5H2,1H3,(H,7,8);2H2,1H3. The number of carboxylic acid groups (broad SMARTS) is 1. The summed E-state index contributed by atoms with van der Waals surface area (Å²) in [6.07, 6.45) is 0. The Hall–Kier alpha value is -0.650. The SMILES string of the molecule is CCOCCOCC(=O)O.CN. The molecule has 0 aromatic carbocycles. The maximum Gasteiger partial charge on any atom is 0.329 e. The summed E-state index contributed by atoms with van der Waals surface area (Å²) in [5.74, 6) is -0.948. The summed E-state index contributed by atoms with van der Waals surface area (Å²) in [5, 5.41) is 8.10. The van der Waals surface area contributed by atoms with E-state index in [1.807, 2.05) is 6.92 Å². The highest BCUT2D eigenvalue weighted by Crippen LogP contribution is 1.77. The fourth-order valence-electron chi connectivity index (χ4n) is 0.422. The van der Waals surface area contributed by atoms with Crippen molar-refractivity contribution < 1.29 is 19.4 Å². The van der Waals surface area contributed by atoms with Gasteiger partial charge in [-0.3, -0.25) is 0 Å². The van der Waals surface area contributed by atoms with Gasteiger partial charge in [-0.15, -0.1) is 0 Å². The molecule has 0 amide bonds. The van der Waals surface area contributed by atoms with Crippen LogP contribution >= 0.6 is 0 Å². The third kappa shape index (κ3) is 16.2. The lowest BCUT2D eigenvalue weighted by atomic mass is 10.7. The van der Waals surface area contributed by atoms with Gasteiger partial charge in [-0.1, -0.05) is 0 Å². The van der Waals surface area contributed by atoms with Gasteiger partial charge in [-0.2, -0.15) is 0 Å². The van der Waals surface area contributed by atoms with Gasteiger partial charge in [0.15, 0.2) is 0 Å². The van der Waals surface area contributed by atoms with Crippen LogP contribution in [0.15, 0.2) is 0 Å². The molecule has 5 nitrogen and oxygen atoms in total. The zero-order valence-electron chi connectivity index (χ0n) is 7.58. The van der Waals surface area contributed by atoms with E-state index in [1.165, 1.54) is 7.05 Å². The topological polar surface area (TPSA) is 81.8 Å². The average molecular weight is 179 g/mol. The first-order valence-corrected chi connectivity index (χ1v) is 3.72. The Bertz CT molecular complexity index is 97.4. The van der Waals surface area contributed by atoms with Crippen molar-refractivity contribution >= 4 is 5.97 Å². The van der Waals surface area contributed by atoms with Crippen LogP contribution in [0.25, 0.3) is 0 Å². The molecule has 0 spiro atoms. The third-order valence-electron chi connectivity index (χ3n) is 0.802. The molecule has 0 atom stereocenters. The number of carboxylic acids is 1. The fraction of sp³-hybridized carbons (Fsp3) is 0.857. The molecule has 0 bridgehead atoms. The molecular weight excluding hydrogens is 162 g/mol. The first kappa shape index (κ1) is 13.9. The van der Waals surface area contributed by atoms with Crippen molar-refractivity contribution in [2.75, 3.05) is 33.5 Å². The minimum atomic E-state index is -0.948. The lowest BCUT2D eigenvalue weighted by molar-refractivity contribution is -0.142. The molecule has 0 saturated heterocycles. The van der Waals surface area contributed by atoms with Crippen LogP contribution in [0.4, 0.5) is 0 Å². The second kappa shape index (κ2) is 13.0. The van der Waals surface area contributed by atoms with Crippen LogP contribution in [0.1, 0.15) is 6.92 Å². The second-order valence-corrected chi connectivity index (χ2v) is 1.64. The van der Waals surface area contributed by atoms with Crippen LogP contribution in [-0.2, 0) is 14.3 Å². The van der Waals surface area contributed by atoms with Crippen molar-refractivity contribution in [3.05, 3.63) is 0 Å². The molecule has 0 fully saturated rings. The lowest BCUT2D eigenvalue weighted by Gasteiger charge is -1.99. The highest BCUT2D eigenvalue weighted by Gasteiger charge is 1.94. The highest BCUT2D eigenvalue weighted by molar-refractivity contribution is 5.67. The van der Waals surface area contributed by atoms with E-state index in [2.05, 4.69) is 10.5 Å². The monoisotopic (exact) mass is 179 g/mol. The molecule has 5 heteroatoms. The molecule has 0 aliphatic heterocycles. The molecule has 0 aromatic rings. The lowest BCUT2D eigenvalue weighted by Crippen LogP contribution is -2.11. The number of rotatable bonds is 6. The number of ether oxygens (including phenoxy) is 2. The van der Waals surface area contributed by atoms with Crippen molar-refractivity contribution in [2.24, 2.45) is 5.73 Å². The largest absolute Gasteiger partial charge is 0.480 e. The van der Waals surface area contributed by atoms with Gasteiger partial charge >= 0.3 is 5.97 Å². The van der Waals surface area contributed by atoms with E-state index in [4.69, 9.17) is 9.84 Å². The summed E-state index contributed by atoms with van der Waals surface area (Å²) < 4.78 is 9.57. The quantitative estimate of drug-likeness (QED) is 0.547. The van der Waals surface area contributed by atoms with Crippen LogP contribution in [0.3, 0.4) is 0 Å². The van der Waals surface area contributed by atoms with Gasteiger partial charge in [-0.05, 0) is 14.0 Å². The van der Waals surface area contributed by atoms with Crippen molar-refractivity contribution in [2.45, 2.75) is 6.92 Å². The zero-order chi connectivity index (χ0) is 9.82. The minimum Gasteiger partial charge on any atom is -0.480 e. The molecule has 0 radical (unpaired) electrons. The second-order valence-electron chi connectivity index (χ2n) is 1.64. The van der Waals surface area contributed by atoms with Crippen LogP contribution in [-0.4, -0.2) is 44.6 Å². The zero-order valence-corrected chi connectivity index (χ0v) is 7.58. The Balaban J connectivity index is 0. The van der Waals surface area contributed by atoms with Crippen molar-refractivity contribution in [3.63, 3.8) is 0 Å². The van der Waals surface area contributed by atoms with Crippen molar-refractivity contribution in [3.8, 4) is 0 Å². The van der Waals surface area contributed by atoms with Crippen LogP contribution in [0.2, 0.25) is 0 Å². The first-order valence-electron chi connectivity index (χ1n) is 3.72. The normalized spacial score (nSPS) is 8.58. The van der Waals surface area contributed by atoms with E-state index in [0.717, 1.165) is 0 Å². The van der Waals surface area contributed by atoms with Gasteiger partial charge < -0.3 is 20.3 Å². The van der Waals surface area contributed by atoms with Gasteiger partial charge in [0.25, 0.3) is 0 Å². The molecule has 12 heavy (non-hydrogen) atoms. The summed E-state index contributed by atoms with van der Waals surface area (Å²) in [4.78, 5) is 9.87. The molecule has 0 aliphatic rings. The average Bonchev–Trinajstić information content (AvgIpc) is 2.07. The first-order chi connectivity index (χ1) is 5.77. The van der Waals surface area contributed by atoms with E-state index in [0.29, 0.717) is 19.8 Å². The van der Waals surface area contributed by atoms with Crippen molar-refractivity contribution in [1.82, 2.24) is 0 Å². The molecule has 0 aromatic heterocycles. The van der Waals surface area contributed by atoms with Gasteiger partial charge in [0.05, 0.1) is 13.2 Å². The Morgan fingerprint density at radius 1 is 1.33 bits per heavy atom. The maximum atomic E-state index is 9.87. The van der Waals surface area contributed by atoms with E-state index < -0.39 is 5.97 Å². The van der Waals surface area contributed by atoms with Crippen LogP contribution in [0, 0.1) is 0 Å². The number of aliphatic carboxylic acids is 1. The van der Waals surface area contributed by atoms with E-state index in [1.54, 1.807) is 0 Å². The molecule has 0 unspecified atom stereocenters. The van der Waals surface area contributed by atoms with Gasteiger partial charge in [0, 0.05) is 6.61 Å². The molecule has 0 rings (SSSR count). The summed E-state index contributed by atoms with van der Waals surface area (Å²) in [5.41, 5.74) is 4.50. The molecule has 0 aliphatic carbocycles. The number of carbonyl (C=O) groups is 1. The number of nitrogens with two attached hydrogens (primary N) is 1. The molecule has 0 saturated carbocycles. The Morgan fingerprint density at radius 3 is 2.25 bits per heavy atom. The van der Waals surface area contributed by atoms with E-state index >= 15 is 0 Å². The van der Waals surface area contributed by atoms with E-state index in [-0.39, 0.29) is 6.61 Å². The molecule has 0 heterocycles. The Morgan fingerprint density at radius 2 is 1.83 bits per heavy atom. The number of hydrogen-bond acceptors (Lipinski definition) is 4. The Labute approximate surface area is 72.5 Å². The predicted molar refractivity (Wildman–Crippen MR) is 45.1 cm³/mol. The van der Waals surface area contributed by atoms with Crippen LogP contribution < -0.4 is 5.73 Å². The third-order valence-corrected chi connectivity index (χ3v) is 0.802. The minimum absolute atomic E-state index is 0.243. The summed E-state index contributed by atoms with van der Waals surface area (Å²) in [6, 6.07) is 0. The predicted octanol–water partition coefficient (Wildman–Crippen LogP) is -0.301. The van der Waals surface area contributed by atoms with E-state index in [9.17, 15) is 4.79 Å². The molecule has 3 N–H and O–H groups in total. The maximum absolute atomic E-state index is 9.87. The van der Waals surface area contributed by atoms with Gasteiger partial charge in [0.1, 0.15) is 6.61 Å². The summed E-state index contributed by atoms with van der Waals surface area (Å²) in [7, 11) is 1.50. The molecular formula is C7H17NO4. The summed E-state index contributed by atoms with van der Waals surface area (Å²) >= 11 is 0. The fourth-order valence-corrected chi connectivity index (χ4v) is 0.422. The Kier molecular flexibility index (Phi) is 15.0. The molecule has 74 valence electrons. The summed E-state index contributed by atoms with van der Waals surface area (Å²) in [6.45, 7) is 3.07. The van der Waals surface area contributed by atoms with Gasteiger partial charge in [0.2, 0.25) is 0 Å².